The minimum absolute atomic E-state index is 0.216. The van der Waals surface area contributed by atoms with Gasteiger partial charge in [-0.2, -0.15) is 0 Å². The summed E-state index contributed by atoms with van der Waals surface area (Å²) >= 11 is 0. The van der Waals surface area contributed by atoms with Crippen molar-refractivity contribution >= 4 is 5.78 Å². The third-order valence-electron chi connectivity index (χ3n) is 2.33. The SMILES string of the molecule is CC/C=C/C1C=CCC1C(C)=O. The molecule has 1 heteroatoms. The Kier molecular flexibility index (Phi) is 3.27. The molecule has 0 aromatic rings. The predicted octanol–water partition coefficient (Wildman–Crippen LogP) is 2.73. The fourth-order valence-corrected chi connectivity index (χ4v) is 1.60. The van der Waals surface area contributed by atoms with E-state index in [1.54, 1.807) is 6.92 Å². The molecule has 0 aromatic carbocycles. The molecule has 0 radical (unpaired) electrons. The van der Waals surface area contributed by atoms with E-state index in [-0.39, 0.29) is 5.92 Å². The predicted molar refractivity (Wildman–Crippen MR) is 50.8 cm³/mol. The molecular formula is C11H16O. The highest BCUT2D eigenvalue weighted by molar-refractivity contribution is 5.79. The summed E-state index contributed by atoms with van der Waals surface area (Å²) in [5.41, 5.74) is 0. The van der Waals surface area contributed by atoms with Crippen molar-refractivity contribution in [1.29, 1.82) is 0 Å². The van der Waals surface area contributed by atoms with E-state index in [1.807, 2.05) is 0 Å². The van der Waals surface area contributed by atoms with E-state index in [0.717, 1.165) is 12.8 Å². The Balaban J connectivity index is 2.57. The van der Waals surface area contributed by atoms with Crippen LogP contribution in [-0.2, 0) is 4.79 Å². The van der Waals surface area contributed by atoms with E-state index in [9.17, 15) is 4.79 Å². The van der Waals surface area contributed by atoms with Gasteiger partial charge in [0.05, 0.1) is 0 Å². The van der Waals surface area contributed by atoms with Gasteiger partial charge in [-0.25, -0.2) is 0 Å². The number of Topliss-reactive ketones (excluding diaryl/α,β-unsaturated/α-hetero) is 1. The van der Waals surface area contributed by atoms with Crippen LogP contribution in [0.3, 0.4) is 0 Å². The van der Waals surface area contributed by atoms with Gasteiger partial charge in [0.1, 0.15) is 5.78 Å². The standard InChI is InChI=1S/C11H16O/c1-3-4-6-10-7-5-8-11(10)9(2)12/h4-7,10-11H,3,8H2,1-2H3/b6-4+. The molecule has 0 heterocycles. The van der Waals surface area contributed by atoms with Crippen LogP contribution in [0.2, 0.25) is 0 Å². The van der Waals surface area contributed by atoms with Crippen LogP contribution in [-0.4, -0.2) is 5.78 Å². The summed E-state index contributed by atoms with van der Waals surface area (Å²) in [6.07, 6.45) is 10.5. The second-order valence-corrected chi connectivity index (χ2v) is 3.29. The Morgan fingerprint density at radius 2 is 2.42 bits per heavy atom. The van der Waals surface area contributed by atoms with Gasteiger partial charge in [-0.3, -0.25) is 4.79 Å². The van der Waals surface area contributed by atoms with Crippen LogP contribution in [0.4, 0.5) is 0 Å². The van der Waals surface area contributed by atoms with E-state index in [2.05, 4.69) is 31.2 Å². The van der Waals surface area contributed by atoms with E-state index in [0.29, 0.717) is 11.7 Å². The van der Waals surface area contributed by atoms with Gasteiger partial charge in [0.25, 0.3) is 0 Å². The van der Waals surface area contributed by atoms with Crippen molar-refractivity contribution < 1.29 is 4.79 Å². The summed E-state index contributed by atoms with van der Waals surface area (Å²) in [4.78, 5) is 11.1. The van der Waals surface area contributed by atoms with Crippen molar-refractivity contribution in [2.45, 2.75) is 26.7 Å². The van der Waals surface area contributed by atoms with Crippen LogP contribution in [0.1, 0.15) is 26.7 Å². The first-order chi connectivity index (χ1) is 5.75. The molecule has 66 valence electrons. The average molecular weight is 164 g/mol. The number of carbonyl (C=O) groups is 1. The molecule has 0 aliphatic heterocycles. The molecule has 1 aliphatic carbocycles. The molecule has 0 amide bonds. The minimum Gasteiger partial charge on any atom is -0.300 e. The zero-order chi connectivity index (χ0) is 8.97. The van der Waals surface area contributed by atoms with Crippen LogP contribution < -0.4 is 0 Å². The van der Waals surface area contributed by atoms with Crippen LogP contribution >= 0.6 is 0 Å². The van der Waals surface area contributed by atoms with Crippen molar-refractivity contribution in [2.24, 2.45) is 11.8 Å². The molecule has 0 aromatic heterocycles. The summed E-state index contributed by atoms with van der Waals surface area (Å²) in [5.74, 6) is 0.890. The quantitative estimate of drug-likeness (QED) is 0.586. The maximum Gasteiger partial charge on any atom is 0.134 e. The van der Waals surface area contributed by atoms with Gasteiger partial charge in [0.2, 0.25) is 0 Å². The van der Waals surface area contributed by atoms with Gasteiger partial charge < -0.3 is 0 Å². The third kappa shape index (κ3) is 2.07. The van der Waals surface area contributed by atoms with Gasteiger partial charge in [0.15, 0.2) is 0 Å². The van der Waals surface area contributed by atoms with Gasteiger partial charge in [-0.15, -0.1) is 0 Å². The lowest BCUT2D eigenvalue weighted by atomic mass is 9.92. The van der Waals surface area contributed by atoms with Crippen LogP contribution in [0.15, 0.2) is 24.3 Å². The molecule has 0 fully saturated rings. The summed E-state index contributed by atoms with van der Waals surface area (Å²) in [6, 6.07) is 0. The maximum absolute atomic E-state index is 11.1. The highest BCUT2D eigenvalue weighted by Crippen LogP contribution is 2.27. The highest BCUT2D eigenvalue weighted by Gasteiger charge is 2.23. The molecule has 0 N–H and O–H groups in total. The molecule has 1 nitrogen and oxygen atoms in total. The van der Waals surface area contributed by atoms with Crippen LogP contribution in [0.25, 0.3) is 0 Å². The molecule has 1 rings (SSSR count). The summed E-state index contributed by atoms with van der Waals surface area (Å²) in [5, 5.41) is 0. The fraction of sp³-hybridized carbons (Fsp3) is 0.545. The minimum atomic E-state index is 0.216. The van der Waals surface area contributed by atoms with Crippen molar-refractivity contribution in [1.82, 2.24) is 0 Å². The topological polar surface area (TPSA) is 17.1 Å². The molecule has 2 unspecified atom stereocenters. The number of hydrogen-bond acceptors (Lipinski definition) is 1. The molecule has 1 aliphatic rings. The Hall–Kier alpha value is -0.850. The Labute approximate surface area is 74.2 Å². The number of allylic oxidation sites excluding steroid dienone is 4. The van der Waals surface area contributed by atoms with E-state index >= 15 is 0 Å². The van der Waals surface area contributed by atoms with Crippen LogP contribution in [0.5, 0.6) is 0 Å². The van der Waals surface area contributed by atoms with Crippen molar-refractivity contribution in [2.75, 3.05) is 0 Å². The first-order valence-electron chi connectivity index (χ1n) is 4.59. The largest absolute Gasteiger partial charge is 0.300 e. The number of ketones is 1. The van der Waals surface area contributed by atoms with Gasteiger partial charge in [-0.1, -0.05) is 31.2 Å². The van der Waals surface area contributed by atoms with Crippen LogP contribution in [0, 0.1) is 11.8 Å². The van der Waals surface area contributed by atoms with E-state index in [1.165, 1.54) is 0 Å². The van der Waals surface area contributed by atoms with Gasteiger partial charge in [0, 0.05) is 11.8 Å². The maximum atomic E-state index is 11.1. The number of hydrogen-bond donors (Lipinski definition) is 0. The lowest BCUT2D eigenvalue weighted by molar-refractivity contribution is -0.121. The van der Waals surface area contributed by atoms with E-state index < -0.39 is 0 Å². The summed E-state index contributed by atoms with van der Waals surface area (Å²) < 4.78 is 0. The molecule has 0 saturated heterocycles. The molecule has 0 spiro atoms. The lowest BCUT2D eigenvalue weighted by Crippen LogP contribution is -2.14. The Bertz CT molecular complexity index is 213. The van der Waals surface area contributed by atoms with Crippen molar-refractivity contribution in [3.05, 3.63) is 24.3 Å². The second-order valence-electron chi connectivity index (χ2n) is 3.29. The molecule has 12 heavy (non-hydrogen) atoms. The van der Waals surface area contributed by atoms with E-state index in [4.69, 9.17) is 0 Å². The zero-order valence-corrected chi connectivity index (χ0v) is 7.79. The van der Waals surface area contributed by atoms with Crippen molar-refractivity contribution in [3.8, 4) is 0 Å². The smallest absolute Gasteiger partial charge is 0.134 e. The lowest BCUT2D eigenvalue weighted by Gasteiger charge is -2.11. The van der Waals surface area contributed by atoms with Gasteiger partial charge >= 0.3 is 0 Å². The molecular weight excluding hydrogens is 148 g/mol. The average Bonchev–Trinajstić information content (AvgIpc) is 2.48. The van der Waals surface area contributed by atoms with Gasteiger partial charge in [-0.05, 0) is 19.8 Å². The number of carbonyl (C=O) groups excluding carboxylic acids is 1. The zero-order valence-electron chi connectivity index (χ0n) is 7.79. The number of rotatable bonds is 3. The Morgan fingerprint density at radius 3 is 3.00 bits per heavy atom. The summed E-state index contributed by atoms with van der Waals surface area (Å²) in [6.45, 7) is 3.79. The second kappa shape index (κ2) is 4.24. The Morgan fingerprint density at radius 1 is 1.67 bits per heavy atom. The summed E-state index contributed by atoms with van der Waals surface area (Å²) in [7, 11) is 0. The molecule has 2 atom stereocenters. The molecule has 0 saturated carbocycles. The fourth-order valence-electron chi connectivity index (χ4n) is 1.60. The monoisotopic (exact) mass is 164 g/mol. The normalized spacial score (nSPS) is 28.5. The first kappa shape index (κ1) is 9.24. The van der Waals surface area contributed by atoms with Crippen molar-refractivity contribution in [3.63, 3.8) is 0 Å². The third-order valence-corrected chi connectivity index (χ3v) is 2.33. The first-order valence-corrected chi connectivity index (χ1v) is 4.59. The highest BCUT2D eigenvalue weighted by atomic mass is 16.1. The molecule has 0 bridgehead atoms.